The van der Waals surface area contributed by atoms with Gasteiger partial charge in [-0.25, -0.2) is 0 Å². The molecule has 2 N–H and O–H groups in total. The molecule has 4 nitrogen and oxygen atoms in total. The second-order valence-corrected chi connectivity index (χ2v) is 4.65. The minimum absolute atomic E-state index is 0.189. The maximum Gasteiger partial charge on any atom is 0.309 e. The lowest BCUT2D eigenvalue weighted by Gasteiger charge is -2.24. The van der Waals surface area contributed by atoms with Crippen LogP contribution in [0.15, 0.2) is 24.3 Å². The Morgan fingerprint density at radius 1 is 1.39 bits per heavy atom. The maximum absolute atomic E-state index is 11.4. The third-order valence-electron chi connectivity index (χ3n) is 3.14. The fourth-order valence-electron chi connectivity index (χ4n) is 1.80. The van der Waals surface area contributed by atoms with Crippen LogP contribution in [-0.4, -0.2) is 19.2 Å². The van der Waals surface area contributed by atoms with Gasteiger partial charge in [0.05, 0.1) is 19.6 Å². The van der Waals surface area contributed by atoms with Crippen LogP contribution in [-0.2, 0) is 9.53 Å². The highest BCUT2D eigenvalue weighted by atomic mass is 16.5. The predicted molar refractivity (Wildman–Crippen MR) is 69.3 cm³/mol. The molecule has 0 amide bonds. The van der Waals surface area contributed by atoms with Gasteiger partial charge in [0, 0.05) is 11.8 Å². The van der Waals surface area contributed by atoms with Gasteiger partial charge in [0.15, 0.2) is 0 Å². The number of nitrogen functional groups attached to an aromatic ring is 1. The average Bonchev–Trinajstić information content (AvgIpc) is 2.27. The Balaban J connectivity index is 1.60. The summed E-state index contributed by atoms with van der Waals surface area (Å²) in [6.07, 6.45) is 3.92. The first-order chi connectivity index (χ1) is 8.74. The molecule has 0 saturated heterocycles. The van der Waals surface area contributed by atoms with Crippen molar-refractivity contribution in [1.82, 2.24) is 0 Å². The monoisotopic (exact) mass is 249 g/mol. The van der Waals surface area contributed by atoms with Gasteiger partial charge in [0.1, 0.15) is 5.75 Å². The van der Waals surface area contributed by atoms with Crippen molar-refractivity contribution in [3.8, 4) is 5.75 Å². The van der Waals surface area contributed by atoms with Crippen molar-refractivity contribution in [3.63, 3.8) is 0 Å². The summed E-state index contributed by atoms with van der Waals surface area (Å²) in [5.74, 6) is 1.08. The van der Waals surface area contributed by atoms with Crippen LogP contribution in [0.1, 0.15) is 25.7 Å². The van der Waals surface area contributed by atoms with E-state index in [1.165, 1.54) is 19.3 Å². The van der Waals surface area contributed by atoms with Crippen LogP contribution in [0.2, 0.25) is 0 Å². The molecule has 1 aromatic rings. The van der Waals surface area contributed by atoms with Crippen molar-refractivity contribution in [2.75, 3.05) is 18.9 Å². The van der Waals surface area contributed by atoms with Crippen molar-refractivity contribution in [3.05, 3.63) is 24.3 Å². The van der Waals surface area contributed by atoms with Crippen LogP contribution in [0.25, 0.3) is 0 Å². The van der Waals surface area contributed by atoms with E-state index in [2.05, 4.69) is 0 Å². The summed E-state index contributed by atoms with van der Waals surface area (Å²) in [5.41, 5.74) is 6.27. The van der Waals surface area contributed by atoms with Crippen molar-refractivity contribution < 1.29 is 14.3 Å². The molecule has 18 heavy (non-hydrogen) atoms. The fourth-order valence-corrected chi connectivity index (χ4v) is 1.80. The molecular formula is C14H19NO3. The van der Waals surface area contributed by atoms with Crippen LogP contribution in [0, 0.1) is 5.92 Å². The molecule has 0 unspecified atom stereocenters. The quantitative estimate of drug-likeness (QED) is 0.621. The van der Waals surface area contributed by atoms with Crippen molar-refractivity contribution in [2.24, 2.45) is 5.92 Å². The summed E-state index contributed by atoms with van der Waals surface area (Å²) in [4.78, 5) is 11.4. The van der Waals surface area contributed by atoms with E-state index in [1.807, 2.05) is 12.1 Å². The largest absolute Gasteiger partial charge is 0.493 e. The molecule has 0 heterocycles. The first-order valence-corrected chi connectivity index (χ1v) is 6.38. The number of rotatable bonds is 6. The summed E-state index contributed by atoms with van der Waals surface area (Å²) < 4.78 is 10.6. The van der Waals surface area contributed by atoms with Gasteiger partial charge in [-0.2, -0.15) is 0 Å². The highest BCUT2D eigenvalue weighted by molar-refractivity contribution is 5.69. The zero-order valence-electron chi connectivity index (χ0n) is 10.4. The van der Waals surface area contributed by atoms with E-state index in [0.717, 1.165) is 0 Å². The lowest BCUT2D eigenvalue weighted by Crippen LogP contribution is -2.20. The SMILES string of the molecule is Nc1cccc(OCCC(=O)OCC2CCC2)c1. The van der Waals surface area contributed by atoms with Gasteiger partial charge in [0.25, 0.3) is 0 Å². The molecule has 1 aliphatic rings. The van der Waals surface area contributed by atoms with E-state index in [4.69, 9.17) is 15.2 Å². The first kappa shape index (κ1) is 12.7. The summed E-state index contributed by atoms with van der Waals surface area (Å²) in [5, 5.41) is 0. The summed E-state index contributed by atoms with van der Waals surface area (Å²) in [7, 11) is 0. The molecule has 0 aromatic heterocycles. The lowest BCUT2D eigenvalue weighted by molar-refractivity contribution is -0.146. The molecule has 1 saturated carbocycles. The molecule has 0 radical (unpaired) electrons. The molecule has 1 aliphatic carbocycles. The fraction of sp³-hybridized carbons (Fsp3) is 0.500. The second-order valence-electron chi connectivity index (χ2n) is 4.65. The summed E-state index contributed by atoms with van der Waals surface area (Å²) >= 11 is 0. The first-order valence-electron chi connectivity index (χ1n) is 6.38. The zero-order valence-corrected chi connectivity index (χ0v) is 10.4. The Labute approximate surface area is 107 Å². The molecule has 98 valence electrons. The molecule has 0 aliphatic heterocycles. The number of hydrogen-bond donors (Lipinski definition) is 1. The van der Waals surface area contributed by atoms with Crippen LogP contribution in [0.5, 0.6) is 5.75 Å². The van der Waals surface area contributed by atoms with E-state index < -0.39 is 0 Å². The van der Waals surface area contributed by atoms with Gasteiger partial charge in [-0.05, 0) is 30.9 Å². The Hall–Kier alpha value is -1.71. The van der Waals surface area contributed by atoms with Crippen LogP contribution >= 0.6 is 0 Å². The minimum Gasteiger partial charge on any atom is -0.493 e. The smallest absolute Gasteiger partial charge is 0.309 e. The van der Waals surface area contributed by atoms with E-state index in [1.54, 1.807) is 12.1 Å². The summed E-state index contributed by atoms with van der Waals surface area (Å²) in [6, 6.07) is 7.16. The number of hydrogen-bond acceptors (Lipinski definition) is 4. The molecule has 1 fully saturated rings. The molecule has 0 spiro atoms. The van der Waals surface area contributed by atoms with Gasteiger partial charge in [0.2, 0.25) is 0 Å². The van der Waals surface area contributed by atoms with Crippen LogP contribution in [0.4, 0.5) is 5.69 Å². The number of esters is 1. The Bertz CT molecular complexity index is 402. The topological polar surface area (TPSA) is 61.5 Å². The highest BCUT2D eigenvalue weighted by Crippen LogP contribution is 2.26. The third-order valence-corrected chi connectivity index (χ3v) is 3.14. The van der Waals surface area contributed by atoms with Gasteiger partial charge < -0.3 is 15.2 Å². The second kappa shape index (κ2) is 6.28. The van der Waals surface area contributed by atoms with E-state index in [9.17, 15) is 4.79 Å². The molecule has 1 aromatic carbocycles. The van der Waals surface area contributed by atoms with Crippen LogP contribution in [0.3, 0.4) is 0 Å². The zero-order chi connectivity index (χ0) is 12.8. The Kier molecular flexibility index (Phi) is 4.45. The lowest BCUT2D eigenvalue weighted by atomic mass is 9.86. The van der Waals surface area contributed by atoms with Crippen molar-refractivity contribution in [2.45, 2.75) is 25.7 Å². The van der Waals surface area contributed by atoms with Gasteiger partial charge >= 0.3 is 5.97 Å². The van der Waals surface area contributed by atoms with Gasteiger partial charge in [-0.3, -0.25) is 4.79 Å². The van der Waals surface area contributed by atoms with E-state index in [0.29, 0.717) is 30.6 Å². The standard InChI is InChI=1S/C14H19NO3/c15-12-5-2-6-13(9-12)17-8-7-14(16)18-10-11-3-1-4-11/h2,5-6,9,11H,1,3-4,7-8,10,15H2. The highest BCUT2D eigenvalue weighted by Gasteiger charge is 2.18. The number of carbonyl (C=O) groups is 1. The summed E-state index contributed by atoms with van der Waals surface area (Å²) in [6.45, 7) is 0.893. The molecule has 2 rings (SSSR count). The van der Waals surface area contributed by atoms with Crippen molar-refractivity contribution in [1.29, 1.82) is 0 Å². The normalized spacial score (nSPS) is 14.9. The number of carbonyl (C=O) groups excluding carboxylic acids is 1. The van der Waals surface area contributed by atoms with Gasteiger partial charge in [-0.1, -0.05) is 12.5 Å². The number of benzene rings is 1. The maximum atomic E-state index is 11.4. The molecule has 0 atom stereocenters. The Morgan fingerprint density at radius 3 is 2.89 bits per heavy atom. The minimum atomic E-state index is -0.189. The Morgan fingerprint density at radius 2 is 2.22 bits per heavy atom. The molecular weight excluding hydrogens is 230 g/mol. The number of nitrogens with two attached hydrogens (primary N) is 1. The predicted octanol–water partition coefficient (Wildman–Crippen LogP) is 2.38. The number of ether oxygens (including phenoxy) is 2. The van der Waals surface area contributed by atoms with Gasteiger partial charge in [-0.15, -0.1) is 0 Å². The third kappa shape index (κ3) is 3.95. The van der Waals surface area contributed by atoms with E-state index >= 15 is 0 Å². The molecule has 4 heteroatoms. The van der Waals surface area contributed by atoms with Crippen LogP contribution < -0.4 is 10.5 Å². The average molecular weight is 249 g/mol. The number of anilines is 1. The van der Waals surface area contributed by atoms with Crippen molar-refractivity contribution >= 4 is 11.7 Å². The molecule has 0 bridgehead atoms. The van der Waals surface area contributed by atoms with E-state index in [-0.39, 0.29) is 12.4 Å².